The van der Waals surface area contributed by atoms with E-state index in [9.17, 15) is 4.79 Å². The molecule has 0 spiro atoms. The number of aromatic nitrogens is 2. The number of rotatable bonds is 4. The van der Waals surface area contributed by atoms with Crippen LogP contribution in [-0.4, -0.2) is 16.1 Å². The zero-order valence-corrected chi connectivity index (χ0v) is 11.7. The van der Waals surface area contributed by atoms with Gasteiger partial charge in [0.1, 0.15) is 5.01 Å². The zero-order valence-electron chi connectivity index (χ0n) is 10.9. The first kappa shape index (κ1) is 13.4. The smallest absolute Gasteiger partial charge is 0.250 e. The van der Waals surface area contributed by atoms with E-state index in [0.29, 0.717) is 5.13 Å². The summed E-state index contributed by atoms with van der Waals surface area (Å²) < 4.78 is 0. The molecule has 0 fully saturated rings. The highest BCUT2D eigenvalue weighted by molar-refractivity contribution is 7.15. The Kier molecular flexibility index (Phi) is 4.41. The van der Waals surface area contributed by atoms with Gasteiger partial charge in [0.05, 0.1) is 0 Å². The van der Waals surface area contributed by atoms with Crippen LogP contribution >= 0.6 is 11.3 Å². The van der Waals surface area contributed by atoms with Gasteiger partial charge in [0, 0.05) is 6.08 Å². The molecule has 0 radical (unpaired) electrons. The number of hydrogen-bond acceptors (Lipinski definition) is 4. The molecule has 0 aliphatic carbocycles. The van der Waals surface area contributed by atoms with Crippen molar-refractivity contribution in [2.75, 3.05) is 5.32 Å². The Hall–Kier alpha value is -2.01. The maximum absolute atomic E-state index is 11.7. The van der Waals surface area contributed by atoms with Crippen molar-refractivity contribution >= 4 is 28.5 Å². The summed E-state index contributed by atoms with van der Waals surface area (Å²) in [5, 5.41) is 12.0. The first-order valence-electron chi connectivity index (χ1n) is 6.06. The number of amides is 1. The molecule has 0 saturated heterocycles. The summed E-state index contributed by atoms with van der Waals surface area (Å²) in [5.41, 5.74) is 2.17. The quantitative estimate of drug-likeness (QED) is 0.871. The van der Waals surface area contributed by atoms with E-state index in [0.717, 1.165) is 22.6 Å². The lowest BCUT2D eigenvalue weighted by Gasteiger charge is -1.98. The molecule has 4 nitrogen and oxygen atoms in total. The van der Waals surface area contributed by atoms with E-state index in [1.54, 1.807) is 6.08 Å². The van der Waals surface area contributed by atoms with Crippen LogP contribution in [0.1, 0.15) is 23.1 Å². The second-order valence-electron chi connectivity index (χ2n) is 4.03. The molecule has 98 valence electrons. The van der Waals surface area contributed by atoms with Gasteiger partial charge in [0.15, 0.2) is 0 Å². The van der Waals surface area contributed by atoms with Crippen molar-refractivity contribution in [2.24, 2.45) is 0 Å². The summed E-state index contributed by atoms with van der Waals surface area (Å²) in [6.45, 7) is 4.01. The fourth-order valence-corrected chi connectivity index (χ4v) is 2.22. The van der Waals surface area contributed by atoms with Crippen LogP contribution in [0.4, 0.5) is 5.13 Å². The SMILES string of the molecule is CCc1nnc(NC(=O)C=Cc2ccccc2C)s1. The number of carbonyl (C=O) groups excluding carboxylic acids is 1. The molecule has 0 aliphatic rings. The third-order valence-corrected chi connectivity index (χ3v) is 3.59. The summed E-state index contributed by atoms with van der Waals surface area (Å²) in [6, 6.07) is 7.90. The molecular formula is C14H15N3OS. The molecular weight excluding hydrogens is 258 g/mol. The Morgan fingerprint density at radius 2 is 2.16 bits per heavy atom. The Bertz CT molecular complexity index is 604. The lowest BCUT2D eigenvalue weighted by molar-refractivity contribution is -0.111. The summed E-state index contributed by atoms with van der Waals surface area (Å²) in [4.78, 5) is 11.7. The highest BCUT2D eigenvalue weighted by Gasteiger charge is 2.04. The molecule has 2 rings (SSSR count). The van der Waals surface area contributed by atoms with Gasteiger partial charge in [0.25, 0.3) is 0 Å². The van der Waals surface area contributed by atoms with E-state index in [2.05, 4.69) is 15.5 Å². The number of carbonyl (C=O) groups is 1. The average Bonchev–Trinajstić information content (AvgIpc) is 2.85. The zero-order chi connectivity index (χ0) is 13.7. The minimum Gasteiger partial charge on any atom is -0.297 e. The Morgan fingerprint density at radius 1 is 1.37 bits per heavy atom. The van der Waals surface area contributed by atoms with Crippen LogP contribution in [0, 0.1) is 6.92 Å². The van der Waals surface area contributed by atoms with Crippen molar-refractivity contribution < 1.29 is 4.79 Å². The van der Waals surface area contributed by atoms with Crippen LogP contribution in [0.5, 0.6) is 0 Å². The predicted molar refractivity (Wildman–Crippen MR) is 78.1 cm³/mol. The fourth-order valence-electron chi connectivity index (χ4n) is 1.53. The molecule has 0 aliphatic heterocycles. The van der Waals surface area contributed by atoms with Crippen LogP contribution in [0.2, 0.25) is 0 Å². The van der Waals surface area contributed by atoms with E-state index in [1.165, 1.54) is 17.4 Å². The van der Waals surface area contributed by atoms with Crippen LogP contribution < -0.4 is 5.32 Å². The van der Waals surface area contributed by atoms with Gasteiger partial charge in [-0.15, -0.1) is 10.2 Å². The molecule has 0 atom stereocenters. The van der Waals surface area contributed by atoms with Gasteiger partial charge in [-0.2, -0.15) is 0 Å². The van der Waals surface area contributed by atoms with Gasteiger partial charge < -0.3 is 0 Å². The van der Waals surface area contributed by atoms with Gasteiger partial charge in [-0.3, -0.25) is 10.1 Å². The van der Waals surface area contributed by atoms with Gasteiger partial charge >= 0.3 is 0 Å². The van der Waals surface area contributed by atoms with Gasteiger partial charge in [0.2, 0.25) is 11.0 Å². The molecule has 1 N–H and O–H groups in total. The van der Waals surface area contributed by atoms with E-state index in [-0.39, 0.29) is 5.91 Å². The first-order chi connectivity index (χ1) is 9.19. The lowest BCUT2D eigenvalue weighted by Crippen LogP contribution is -2.07. The van der Waals surface area contributed by atoms with Crippen LogP contribution in [-0.2, 0) is 11.2 Å². The van der Waals surface area contributed by atoms with Crippen molar-refractivity contribution in [2.45, 2.75) is 20.3 Å². The molecule has 2 aromatic rings. The first-order valence-corrected chi connectivity index (χ1v) is 6.87. The standard InChI is InChI=1S/C14H15N3OS/c1-3-13-16-17-14(19-13)15-12(18)9-8-11-7-5-4-6-10(11)2/h4-9H,3H2,1-2H3,(H,15,17,18). The number of anilines is 1. The topological polar surface area (TPSA) is 54.9 Å². The highest BCUT2D eigenvalue weighted by Crippen LogP contribution is 2.15. The third kappa shape index (κ3) is 3.72. The summed E-state index contributed by atoms with van der Waals surface area (Å²) in [7, 11) is 0. The van der Waals surface area contributed by atoms with Crippen LogP contribution in [0.3, 0.4) is 0 Å². The lowest BCUT2D eigenvalue weighted by atomic mass is 10.1. The number of hydrogen-bond donors (Lipinski definition) is 1. The predicted octanol–water partition coefficient (Wildman–Crippen LogP) is 3.06. The minimum absolute atomic E-state index is 0.193. The Morgan fingerprint density at radius 3 is 2.84 bits per heavy atom. The summed E-state index contributed by atoms with van der Waals surface area (Å²) in [6.07, 6.45) is 4.13. The number of aryl methyl sites for hydroxylation is 2. The maximum atomic E-state index is 11.7. The second-order valence-corrected chi connectivity index (χ2v) is 5.10. The van der Waals surface area contributed by atoms with E-state index < -0.39 is 0 Å². The minimum atomic E-state index is -0.193. The van der Waals surface area contributed by atoms with Gasteiger partial charge in [-0.25, -0.2) is 0 Å². The molecule has 1 aromatic carbocycles. The monoisotopic (exact) mass is 273 g/mol. The molecule has 19 heavy (non-hydrogen) atoms. The summed E-state index contributed by atoms with van der Waals surface area (Å²) >= 11 is 1.40. The van der Waals surface area contributed by atoms with Crippen LogP contribution in [0.15, 0.2) is 30.3 Å². The molecule has 0 saturated carbocycles. The maximum Gasteiger partial charge on any atom is 0.250 e. The average molecular weight is 273 g/mol. The van der Waals surface area contributed by atoms with Crippen LogP contribution in [0.25, 0.3) is 6.08 Å². The molecule has 1 amide bonds. The Balaban J connectivity index is 1.99. The van der Waals surface area contributed by atoms with Crippen molar-refractivity contribution in [3.8, 4) is 0 Å². The molecule has 1 heterocycles. The summed E-state index contributed by atoms with van der Waals surface area (Å²) in [5.74, 6) is -0.193. The highest BCUT2D eigenvalue weighted by atomic mass is 32.1. The van der Waals surface area contributed by atoms with Gasteiger partial charge in [-0.1, -0.05) is 42.5 Å². The van der Waals surface area contributed by atoms with Crippen molar-refractivity contribution in [3.05, 3.63) is 46.5 Å². The second kappa shape index (κ2) is 6.24. The van der Waals surface area contributed by atoms with E-state index >= 15 is 0 Å². The molecule has 0 bridgehead atoms. The van der Waals surface area contributed by atoms with E-state index in [4.69, 9.17) is 0 Å². The normalized spacial score (nSPS) is 10.8. The Labute approximate surface area is 116 Å². The number of nitrogens with zero attached hydrogens (tertiary/aromatic N) is 2. The molecule has 5 heteroatoms. The fraction of sp³-hybridized carbons (Fsp3) is 0.214. The van der Waals surface area contributed by atoms with Gasteiger partial charge in [-0.05, 0) is 30.5 Å². The molecule has 0 unspecified atom stereocenters. The third-order valence-electron chi connectivity index (χ3n) is 2.60. The molecule has 1 aromatic heterocycles. The largest absolute Gasteiger partial charge is 0.297 e. The van der Waals surface area contributed by atoms with E-state index in [1.807, 2.05) is 38.1 Å². The van der Waals surface area contributed by atoms with Crippen molar-refractivity contribution in [1.29, 1.82) is 0 Å². The number of nitrogens with one attached hydrogen (secondary N) is 1. The number of benzene rings is 1. The van der Waals surface area contributed by atoms with Crippen molar-refractivity contribution in [3.63, 3.8) is 0 Å². The van der Waals surface area contributed by atoms with Crippen molar-refractivity contribution in [1.82, 2.24) is 10.2 Å².